The molecule has 178 valence electrons. The Hall–Kier alpha value is -4.47. The summed E-state index contributed by atoms with van der Waals surface area (Å²) < 4.78 is 10.7. The van der Waals surface area contributed by atoms with Crippen molar-refractivity contribution in [2.24, 2.45) is 0 Å². The minimum absolute atomic E-state index is 0.209. The highest BCUT2D eigenvalue weighted by Crippen LogP contribution is 2.35. The van der Waals surface area contributed by atoms with Gasteiger partial charge in [0.2, 0.25) is 11.8 Å². The molecule has 3 heterocycles. The maximum atomic E-state index is 13.1. The molecule has 1 fully saturated rings. The Bertz CT molecular complexity index is 1340. The van der Waals surface area contributed by atoms with Gasteiger partial charge in [0.15, 0.2) is 5.82 Å². The molecule has 3 amide bonds. The van der Waals surface area contributed by atoms with Crippen molar-refractivity contribution >= 4 is 29.2 Å². The van der Waals surface area contributed by atoms with Crippen LogP contribution in [-0.4, -0.2) is 52.9 Å². The molecule has 0 bridgehead atoms. The number of rotatable bonds is 6. The van der Waals surface area contributed by atoms with Crippen LogP contribution in [0.1, 0.15) is 28.8 Å². The van der Waals surface area contributed by atoms with Crippen LogP contribution < -0.4 is 20.1 Å². The number of carbonyl (C=O) groups excluding carboxylic acids is 3. The van der Waals surface area contributed by atoms with Crippen LogP contribution in [0.3, 0.4) is 0 Å². The molecule has 0 aliphatic carbocycles. The zero-order valence-electron chi connectivity index (χ0n) is 19.2. The first-order valence-electron chi connectivity index (χ1n) is 11.1. The summed E-state index contributed by atoms with van der Waals surface area (Å²) in [5.74, 6) is 1.25. The molecule has 1 saturated heterocycles. The summed E-state index contributed by atoms with van der Waals surface area (Å²) in [5.41, 5.74) is 2.70. The first-order valence-corrected chi connectivity index (χ1v) is 11.1. The molecule has 0 radical (unpaired) electrons. The number of imide groups is 1. The van der Waals surface area contributed by atoms with Crippen LogP contribution in [0, 0.1) is 0 Å². The molecular weight excluding hydrogens is 450 g/mol. The Labute approximate surface area is 201 Å². The van der Waals surface area contributed by atoms with E-state index in [4.69, 9.17) is 9.47 Å². The zero-order valence-corrected chi connectivity index (χ0v) is 19.2. The highest BCUT2D eigenvalue weighted by atomic mass is 16.5. The van der Waals surface area contributed by atoms with Crippen LogP contribution >= 0.6 is 0 Å². The molecule has 2 N–H and O–H groups in total. The minimum Gasteiger partial charge on any atom is -0.497 e. The van der Waals surface area contributed by atoms with Crippen molar-refractivity contribution in [3.8, 4) is 22.9 Å². The average Bonchev–Trinajstić information content (AvgIpc) is 3.21. The molecule has 2 aromatic carbocycles. The zero-order chi connectivity index (χ0) is 24.5. The van der Waals surface area contributed by atoms with Crippen molar-refractivity contribution < 1.29 is 23.9 Å². The first kappa shape index (κ1) is 22.3. The number of methoxy groups -OCH3 is 2. The number of nitrogens with one attached hydrogen (secondary N) is 2. The highest BCUT2D eigenvalue weighted by molar-refractivity contribution is 6.06. The third-order valence-corrected chi connectivity index (χ3v) is 6.15. The van der Waals surface area contributed by atoms with E-state index in [9.17, 15) is 14.4 Å². The number of amides is 3. The van der Waals surface area contributed by atoms with E-state index in [1.807, 2.05) is 12.1 Å². The maximum absolute atomic E-state index is 13.1. The van der Waals surface area contributed by atoms with Gasteiger partial charge in [0, 0.05) is 42.0 Å². The monoisotopic (exact) mass is 473 g/mol. The predicted octanol–water partition coefficient (Wildman–Crippen LogP) is 2.67. The topological polar surface area (TPSA) is 123 Å². The van der Waals surface area contributed by atoms with Gasteiger partial charge in [-0.05, 0) is 36.8 Å². The Morgan fingerprint density at radius 2 is 1.91 bits per heavy atom. The smallest absolute Gasteiger partial charge is 0.255 e. The lowest BCUT2D eigenvalue weighted by Gasteiger charge is -2.29. The van der Waals surface area contributed by atoms with Gasteiger partial charge in [-0.25, -0.2) is 9.97 Å². The molecule has 3 aromatic rings. The van der Waals surface area contributed by atoms with Crippen LogP contribution in [0.5, 0.6) is 11.5 Å². The summed E-state index contributed by atoms with van der Waals surface area (Å²) in [4.78, 5) is 47.5. The van der Waals surface area contributed by atoms with Crippen LogP contribution in [0.4, 0.5) is 11.5 Å². The molecule has 0 spiro atoms. The molecule has 1 unspecified atom stereocenters. The fraction of sp³-hybridized carbons (Fsp3) is 0.240. The summed E-state index contributed by atoms with van der Waals surface area (Å²) in [6, 6.07) is 11.8. The number of piperidine rings is 1. The first-order chi connectivity index (χ1) is 17.0. The van der Waals surface area contributed by atoms with E-state index in [1.54, 1.807) is 50.7 Å². The second kappa shape index (κ2) is 9.05. The van der Waals surface area contributed by atoms with Gasteiger partial charge in [0.05, 0.1) is 19.8 Å². The quantitative estimate of drug-likeness (QED) is 0.524. The van der Waals surface area contributed by atoms with Crippen molar-refractivity contribution in [1.29, 1.82) is 0 Å². The standard InChI is InChI=1S/C25H23N5O5/c1-34-14-6-7-16(20(12-14)35-2)23-26-11-10-21(28-23)27-18-5-3-4-15-17(18)13-30(25(15)33)19-8-9-22(31)29-24(19)32/h3-7,10-12,19H,8-9,13H2,1-2H3,(H,26,27,28)(H,29,31,32). The molecule has 1 atom stereocenters. The van der Waals surface area contributed by atoms with Gasteiger partial charge >= 0.3 is 0 Å². The van der Waals surface area contributed by atoms with Crippen molar-refractivity contribution in [2.45, 2.75) is 25.4 Å². The van der Waals surface area contributed by atoms with E-state index in [-0.39, 0.29) is 24.8 Å². The lowest BCUT2D eigenvalue weighted by Crippen LogP contribution is -2.52. The van der Waals surface area contributed by atoms with Crippen molar-refractivity contribution in [2.75, 3.05) is 19.5 Å². The maximum Gasteiger partial charge on any atom is 0.255 e. The largest absolute Gasteiger partial charge is 0.497 e. The fourth-order valence-electron chi connectivity index (χ4n) is 4.38. The highest BCUT2D eigenvalue weighted by Gasteiger charge is 2.39. The fourth-order valence-corrected chi connectivity index (χ4v) is 4.38. The van der Waals surface area contributed by atoms with Gasteiger partial charge < -0.3 is 19.7 Å². The van der Waals surface area contributed by atoms with Crippen molar-refractivity contribution in [3.05, 3.63) is 59.8 Å². The Kier molecular flexibility index (Phi) is 5.77. The van der Waals surface area contributed by atoms with E-state index < -0.39 is 11.9 Å². The summed E-state index contributed by atoms with van der Waals surface area (Å²) in [6.07, 6.45) is 2.16. The lowest BCUT2D eigenvalue weighted by atomic mass is 10.0. The van der Waals surface area contributed by atoms with E-state index in [0.717, 1.165) is 5.56 Å². The van der Waals surface area contributed by atoms with Gasteiger partial charge in [-0.2, -0.15) is 0 Å². The number of anilines is 2. The summed E-state index contributed by atoms with van der Waals surface area (Å²) in [5, 5.41) is 5.61. The summed E-state index contributed by atoms with van der Waals surface area (Å²) >= 11 is 0. The molecule has 1 aromatic heterocycles. The van der Waals surface area contributed by atoms with Crippen LogP contribution in [0.15, 0.2) is 48.7 Å². The number of ether oxygens (including phenoxy) is 2. The van der Waals surface area contributed by atoms with Gasteiger partial charge in [-0.15, -0.1) is 0 Å². The second-order valence-electron chi connectivity index (χ2n) is 8.19. The Morgan fingerprint density at radius 1 is 1.06 bits per heavy atom. The Balaban J connectivity index is 1.42. The van der Waals surface area contributed by atoms with Crippen LogP contribution in [0.2, 0.25) is 0 Å². The number of hydrogen-bond donors (Lipinski definition) is 2. The molecule has 10 nitrogen and oxygen atoms in total. The van der Waals surface area contributed by atoms with Crippen LogP contribution in [-0.2, 0) is 16.1 Å². The van der Waals surface area contributed by atoms with Gasteiger partial charge in [0.1, 0.15) is 23.4 Å². The molecular formula is C25H23N5O5. The molecule has 5 rings (SSSR count). The van der Waals surface area contributed by atoms with Crippen molar-refractivity contribution in [3.63, 3.8) is 0 Å². The third-order valence-electron chi connectivity index (χ3n) is 6.15. The number of aromatic nitrogens is 2. The van der Waals surface area contributed by atoms with Gasteiger partial charge in [-0.3, -0.25) is 19.7 Å². The van der Waals surface area contributed by atoms with Gasteiger partial charge in [0.25, 0.3) is 5.91 Å². The molecule has 2 aliphatic rings. The van der Waals surface area contributed by atoms with E-state index in [1.165, 1.54) is 4.90 Å². The van der Waals surface area contributed by atoms with Crippen LogP contribution in [0.25, 0.3) is 11.4 Å². The number of carbonyl (C=O) groups is 3. The lowest BCUT2D eigenvalue weighted by molar-refractivity contribution is -0.136. The van der Waals surface area contributed by atoms with E-state index in [2.05, 4.69) is 20.6 Å². The molecule has 2 aliphatic heterocycles. The van der Waals surface area contributed by atoms with E-state index >= 15 is 0 Å². The predicted molar refractivity (Wildman–Crippen MR) is 126 cm³/mol. The summed E-state index contributed by atoms with van der Waals surface area (Å²) in [7, 11) is 3.15. The van der Waals surface area contributed by atoms with E-state index in [0.29, 0.717) is 46.4 Å². The number of nitrogens with zero attached hydrogens (tertiary/aromatic N) is 3. The Morgan fingerprint density at radius 3 is 2.69 bits per heavy atom. The van der Waals surface area contributed by atoms with Gasteiger partial charge in [-0.1, -0.05) is 6.07 Å². The number of hydrogen-bond acceptors (Lipinski definition) is 8. The molecule has 35 heavy (non-hydrogen) atoms. The molecule has 0 saturated carbocycles. The minimum atomic E-state index is -0.673. The number of benzene rings is 2. The molecule has 10 heteroatoms. The second-order valence-corrected chi connectivity index (χ2v) is 8.19. The third kappa shape index (κ3) is 4.14. The average molecular weight is 473 g/mol. The number of fused-ring (bicyclic) bond motifs is 1. The normalized spacial score (nSPS) is 17.1. The SMILES string of the molecule is COc1ccc(-c2nccc(Nc3cccc4c3CN(C3CCC(=O)NC3=O)C4=O)n2)c(OC)c1. The summed E-state index contributed by atoms with van der Waals surface area (Å²) in [6.45, 7) is 0.258. The van der Waals surface area contributed by atoms with Crippen molar-refractivity contribution in [1.82, 2.24) is 20.2 Å².